The smallest absolute Gasteiger partial charge is 0.410 e. The zero-order valence-corrected chi connectivity index (χ0v) is 16.4. The Morgan fingerprint density at radius 1 is 1.28 bits per heavy atom. The highest BCUT2D eigenvalue weighted by Crippen LogP contribution is 2.24. The van der Waals surface area contributed by atoms with Gasteiger partial charge < -0.3 is 14.2 Å². The summed E-state index contributed by atoms with van der Waals surface area (Å²) in [6, 6.07) is 7.58. The van der Waals surface area contributed by atoms with E-state index in [1.165, 1.54) is 0 Å². The van der Waals surface area contributed by atoms with E-state index in [0.717, 1.165) is 22.7 Å². The van der Waals surface area contributed by atoms with Gasteiger partial charge in [0, 0.05) is 29.1 Å². The molecule has 134 valence electrons. The normalized spacial score (nSPS) is 18.4. The number of likely N-dealkylation sites (tertiary alicyclic amines) is 1. The number of rotatable bonds is 1. The van der Waals surface area contributed by atoms with Crippen LogP contribution in [0.25, 0.3) is 10.8 Å². The molecule has 3 rings (SSSR count). The van der Waals surface area contributed by atoms with E-state index in [0.29, 0.717) is 18.5 Å². The Labute approximate surface area is 155 Å². The van der Waals surface area contributed by atoms with Crippen molar-refractivity contribution in [3.8, 4) is 0 Å². The van der Waals surface area contributed by atoms with Crippen LogP contribution in [0.15, 0.2) is 39.7 Å². The molecule has 1 aromatic carbocycles. The molecule has 0 N–H and O–H groups in total. The molecule has 1 fully saturated rings. The molecule has 1 atom stereocenters. The number of amides is 1. The first-order chi connectivity index (χ1) is 11.7. The second-order valence-electron chi connectivity index (χ2n) is 7.48. The molecule has 1 aliphatic rings. The lowest BCUT2D eigenvalue weighted by Gasteiger charge is -2.34. The molecule has 0 aliphatic carbocycles. The Kier molecular flexibility index (Phi) is 4.91. The maximum Gasteiger partial charge on any atom is 0.410 e. The van der Waals surface area contributed by atoms with Gasteiger partial charge in [0.05, 0.1) is 6.04 Å². The Bertz CT molecular complexity index is 854. The molecular weight excluding hydrogens is 384 g/mol. The third-order valence-corrected chi connectivity index (χ3v) is 4.83. The van der Waals surface area contributed by atoms with Crippen LogP contribution >= 0.6 is 15.9 Å². The second-order valence-corrected chi connectivity index (χ2v) is 8.40. The summed E-state index contributed by atoms with van der Waals surface area (Å²) in [7, 11) is 0. The Hall–Kier alpha value is -1.82. The summed E-state index contributed by atoms with van der Waals surface area (Å²) in [6.07, 6.45) is 3.26. The second kappa shape index (κ2) is 6.83. The van der Waals surface area contributed by atoms with Crippen molar-refractivity contribution in [3.63, 3.8) is 0 Å². The maximum atomic E-state index is 12.9. The summed E-state index contributed by atoms with van der Waals surface area (Å²) in [4.78, 5) is 26.9. The van der Waals surface area contributed by atoms with Gasteiger partial charge in [0.1, 0.15) is 5.60 Å². The van der Waals surface area contributed by atoms with Crippen LogP contribution in [0.5, 0.6) is 0 Å². The lowest BCUT2D eigenvalue weighted by atomic mass is 10.0. The largest absolute Gasteiger partial charge is 0.444 e. The third-order valence-electron chi connectivity index (χ3n) is 4.33. The fraction of sp³-hybridized carbons (Fsp3) is 0.474. The molecule has 1 aliphatic heterocycles. The van der Waals surface area contributed by atoms with E-state index in [-0.39, 0.29) is 17.7 Å². The summed E-state index contributed by atoms with van der Waals surface area (Å²) in [6.45, 7) is 6.74. The first-order valence-electron chi connectivity index (χ1n) is 8.53. The molecular formula is C19H23BrN2O3. The minimum Gasteiger partial charge on any atom is -0.444 e. The van der Waals surface area contributed by atoms with Crippen LogP contribution in [-0.4, -0.2) is 34.3 Å². The number of ether oxygens (including phenoxy) is 1. The van der Waals surface area contributed by atoms with Gasteiger partial charge in [0.15, 0.2) is 0 Å². The molecule has 1 aromatic heterocycles. The molecule has 0 unspecified atom stereocenters. The van der Waals surface area contributed by atoms with Gasteiger partial charge in [-0.05, 0) is 63.3 Å². The van der Waals surface area contributed by atoms with Crippen LogP contribution in [0.1, 0.15) is 39.7 Å². The fourth-order valence-electron chi connectivity index (χ4n) is 3.20. The van der Waals surface area contributed by atoms with Crippen molar-refractivity contribution in [1.82, 2.24) is 9.47 Å². The van der Waals surface area contributed by atoms with E-state index in [4.69, 9.17) is 4.74 Å². The average molecular weight is 407 g/mol. The number of aromatic nitrogens is 1. The zero-order valence-electron chi connectivity index (χ0n) is 14.8. The quantitative estimate of drug-likeness (QED) is 0.707. The molecule has 2 aromatic rings. The van der Waals surface area contributed by atoms with Crippen molar-refractivity contribution in [1.29, 1.82) is 0 Å². The van der Waals surface area contributed by atoms with Crippen LogP contribution in [0.3, 0.4) is 0 Å². The number of pyridine rings is 1. The monoisotopic (exact) mass is 406 g/mol. The standard InChI is InChI=1S/C19H23BrN2O3/c1-19(2,3)25-18(24)21-9-4-5-15(12-21)22-10-8-13-11-14(20)6-7-16(13)17(22)23/h6-8,10-11,15H,4-5,9,12H2,1-3H3/t15-/m1/s1. The number of fused-ring (bicyclic) bond motifs is 1. The van der Waals surface area contributed by atoms with Crippen LogP contribution in [0.4, 0.5) is 4.79 Å². The Morgan fingerprint density at radius 3 is 2.76 bits per heavy atom. The molecule has 25 heavy (non-hydrogen) atoms. The summed E-state index contributed by atoms with van der Waals surface area (Å²) < 4.78 is 8.18. The molecule has 0 bridgehead atoms. The van der Waals surface area contributed by atoms with E-state index in [1.807, 2.05) is 51.2 Å². The minimum absolute atomic E-state index is 0.0129. The van der Waals surface area contributed by atoms with Gasteiger partial charge >= 0.3 is 6.09 Å². The van der Waals surface area contributed by atoms with Crippen molar-refractivity contribution in [2.45, 2.75) is 45.3 Å². The van der Waals surface area contributed by atoms with Gasteiger partial charge in [0.2, 0.25) is 0 Å². The number of halogens is 1. The lowest BCUT2D eigenvalue weighted by molar-refractivity contribution is 0.0171. The van der Waals surface area contributed by atoms with Crippen LogP contribution < -0.4 is 5.56 Å². The third kappa shape index (κ3) is 4.06. The fourth-order valence-corrected chi connectivity index (χ4v) is 3.57. The maximum absolute atomic E-state index is 12.9. The van der Waals surface area contributed by atoms with Crippen LogP contribution in [0.2, 0.25) is 0 Å². The number of hydrogen-bond donors (Lipinski definition) is 0. The molecule has 1 saturated heterocycles. The van der Waals surface area contributed by atoms with Gasteiger partial charge in [0.25, 0.3) is 5.56 Å². The van der Waals surface area contributed by atoms with Gasteiger partial charge in [-0.1, -0.05) is 15.9 Å². The predicted octanol–water partition coefficient (Wildman–Crippen LogP) is 4.34. The molecule has 0 saturated carbocycles. The summed E-state index contributed by atoms with van der Waals surface area (Å²) in [5.74, 6) is 0. The number of piperidine rings is 1. The van der Waals surface area contributed by atoms with E-state index in [1.54, 1.807) is 9.47 Å². The van der Waals surface area contributed by atoms with Crippen molar-refractivity contribution in [2.24, 2.45) is 0 Å². The predicted molar refractivity (Wildman–Crippen MR) is 102 cm³/mol. The molecule has 0 spiro atoms. The number of carbonyl (C=O) groups excluding carboxylic acids is 1. The van der Waals surface area contributed by atoms with Gasteiger partial charge in [-0.3, -0.25) is 4.79 Å². The van der Waals surface area contributed by atoms with E-state index < -0.39 is 5.60 Å². The highest BCUT2D eigenvalue weighted by molar-refractivity contribution is 9.10. The summed E-state index contributed by atoms with van der Waals surface area (Å²) in [5, 5.41) is 1.61. The topological polar surface area (TPSA) is 51.5 Å². The SMILES string of the molecule is CC(C)(C)OC(=O)N1CCC[C@@H](n2ccc3cc(Br)ccc3c2=O)C1. The lowest BCUT2D eigenvalue weighted by Crippen LogP contribution is -2.44. The summed E-state index contributed by atoms with van der Waals surface area (Å²) >= 11 is 3.43. The number of carbonyl (C=O) groups is 1. The number of nitrogens with zero attached hydrogens (tertiary/aromatic N) is 2. The van der Waals surface area contributed by atoms with Gasteiger partial charge in [-0.15, -0.1) is 0 Å². The van der Waals surface area contributed by atoms with Crippen LogP contribution in [-0.2, 0) is 4.74 Å². The van der Waals surface area contributed by atoms with Crippen molar-refractivity contribution < 1.29 is 9.53 Å². The Morgan fingerprint density at radius 2 is 2.04 bits per heavy atom. The molecule has 0 radical (unpaired) electrons. The highest BCUT2D eigenvalue weighted by Gasteiger charge is 2.28. The molecule has 1 amide bonds. The van der Waals surface area contributed by atoms with Gasteiger partial charge in [-0.2, -0.15) is 0 Å². The van der Waals surface area contributed by atoms with E-state index in [2.05, 4.69) is 15.9 Å². The van der Waals surface area contributed by atoms with Crippen molar-refractivity contribution >= 4 is 32.8 Å². The molecule has 5 nitrogen and oxygen atoms in total. The molecule has 2 heterocycles. The van der Waals surface area contributed by atoms with Crippen LogP contribution in [0, 0.1) is 0 Å². The van der Waals surface area contributed by atoms with Gasteiger partial charge in [-0.25, -0.2) is 4.79 Å². The average Bonchev–Trinajstić information content (AvgIpc) is 2.53. The highest BCUT2D eigenvalue weighted by atomic mass is 79.9. The number of hydrogen-bond acceptors (Lipinski definition) is 3. The van der Waals surface area contributed by atoms with Crippen molar-refractivity contribution in [3.05, 3.63) is 45.3 Å². The number of benzene rings is 1. The minimum atomic E-state index is -0.517. The zero-order chi connectivity index (χ0) is 18.2. The van der Waals surface area contributed by atoms with E-state index in [9.17, 15) is 9.59 Å². The first-order valence-corrected chi connectivity index (χ1v) is 9.32. The first kappa shape index (κ1) is 18.0. The summed E-state index contributed by atoms with van der Waals surface area (Å²) in [5.41, 5.74) is -0.530. The van der Waals surface area contributed by atoms with E-state index >= 15 is 0 Å². The molecule has 6 heteroatoms. The van der Waals surface area contributed by atoms with Crippen molar-refractivity contribution in [2.75, 3.05) is 13.1 Å². The Balaban J connectivity index is 1.85.